The Kier molecular flexibility index (Phi) is 5.81. The Morgan fingerprint density at radius 2 is 1.84 bits per heavy atom. The molecule has 1 aliphatic heterocycles. The maximum Gasteiger partial charge on any atom is 0.194 e. The van der Waals surface area contributed by atoms with Gasteiger partial charge in [0.05, 0.1) is 13.7 Å². The number of aliphatic imine (C=N–C) groups is 1. The summed E-state index contributed by atoms with van der Waals surface area (Å²) >= 11 is 1.83. The first-order chi connectivity index (χ1) is 12.2. The third kappa shape index (κ3) is 4.45. The van der Waals surface area contributed by atoms with Gasteiger partial charge in [-0.05, 0) is 43.3 Å². The Bertz CT molecular complexity index is 702. The van der Waals surface area contributed by atoms with E-state index in [2.05, 4.69) is 51.3 Å². The zero-order valence-electron chi connectivity index (χ0n) is 15.2. The van der Waals surface area contributed by atoms with Crippen molar-refractivity contribution >= 4 is 23.0 Å². The fourth-order valence-corrected chi connectivity index (χ4v) is 3.88. The van der Waals surface area contributed by atoms with Crippen LogP contribution in [0.4, 0.5) is 5.69 Å². The summed E-state index contributed by atoms with van der Waals surface area (Å²) in [6.45, 7) is 6.89. The first-order valence-electron chi connectivity index (χ1n) is 8.59. The molecule has 0 bridgehead atoms. The van der Waals surface area contributed by atoms with Gasteiger partial charge in [-0.3, -0.25) is 4.99 Å². The summed E-state index contributed by atoms with van der Waals surface area (Å²) in [6.07, 6.45) is 0. The van der Waals surface area contributed by atoms with Gasteiger partial charge in [0.2, 0.25) is 0 Å². The van der Waals surface area contributed by atoms with Crippen LogP contribution in [0.25, 0.3) is 0 Å². The van der Waals surface area contributed by atoms with E-state index in [0.717, 1.165) is 44.4 Å². The van der Waals surface area contributed by atoms with E-state index >= 15 is 0 Å². The minimum Gasteiger partial charge on any atom is -0.497 e. The van der Waals surface area contributed by atoms with Crippen LogP contribution in [0, 0.1) is 6.92 Å². The van der Waals surface area contributed by atoms with E-state index in [0.29, 0.717) is 0 Å². The van der Waals surface area contributed by atoms with Crippen molar-refractivity contribution in [2.75, 3.05) is 45.2 Å². The Morgan fingerprint density at radius 1 is 1.12 bits per heavy atom. The first kappa shape index (κ1) is 17.6. The largest absolute Gasteiger partial charge is 0.497 e. The SMILES string of the molecule is CN=C(NCc1ccc(C)s1)N1CCN(c2ccc(OC)cc2)CC1. The van der Waals surface area contributed by atoms with Crippen molar-refractivity contribution < 1.29 is 4.74 Å². The molecule has 5 nitrogen and oxygen atoms in total. The predicted molar refractivity (Wildman–Crippen MR) is 106 cm³/mol. The van der Waals surface area contributed by atoms with Gasteiger partial charge in [0.25, 0.3) is 0 Å². The van der Waals surface area contributed by atoms with E-state index in [1.54, 1.807) is 7.11 Å². The number of nitrogens with one attached hydrogen (secondary N) is 1. The molecular weight excluding hydrogens is 332 g/mol. The standard InChI is InChI=1S/C19H26N4OS/c1-15-4-9-18(25-15)14-21-19(20-2)23-12-10-22(11-13-23)16-5-7-17(24-3)8-6-16/h4-9H,10-14H2,1-3H3,(H,20,21). The molecule has 134 valence electrons. The van der Waals surface area contributed by atoms with Gasteiger partial charge in [-0.2, -0.15) is 0 Å². The molecule has 2 aromatic rings. The number of hydrogen-bond acceptors (Lipinski definition) is 4. The van der Waals surface area contributed by atoms with E-state index < -0.39 is 0 Å². The zero-order chi connectivity index (χ0) is 17.6. The van der Waals surface area contributed by atoms with Crippen LogP contribution < -0.4 is 15.0 Å². The highest BCUT2D eigenvalue weighted by Crippen LogP contribution is 2.20. The third-order valence-corrected chi connectivity index (χ3v) is 5.45. The average molecular weight is 359 g/mol. The molecule has 3 rings (SSSR count). The Labute approximate surface area is 153 Å². The Hall–Kier alpha value is -2.21. The lowest BCUT2D eigenvalue weighted by molar-refractivity contribution is 0.372. The average Bonchev–Trinajstić information content (AvgIpc) is 3.08. The number of thiophene rings is 1. The molecule has 0 spiro atoms. The van der Waals surface area contributed by atoms with E-state index in [1.165, 1.54) is 15.4 Å². The van der Waals surface area contributed by atoms with Crippen LogP contribution >= 0.6 is 11.3 Å². The van der Waals surface area contributed by atoms with Gasteiger partial charge in [0.15, 0.2) is 5.96 Å². The smallest absolute Gasteiger partial charge is 0.194 e. The molecule has 1 aromatic heterocycles. The second kappa shape index (κ2) is 8.25. The second-order valence-corrected chi connectivity index (χ2v) is 7.46. The maximum absolute atomic E-state index is 5.23. The summed E-state index contributed by atoms with van der Waals surface area (Å²) in [5, 5.41) is 3.49. The van der Waals surface area contributed by atoms with Crippen LogP contribution in [0.2, 0.25) is 0 Å². The Morgan fingerprint density at radius 3 is 2.40 bits per heavy atom. The van der Waals surface area contributed by atoms with Gasteiger partial charge in [-0.25, -0.2) is 0 Å². The number of benzene rings is 1. The lowest BCUT2D eigenvalue weighted by Gasteiger charge is -2.37. The lowest BCUT2D eigenvalue weighted by atomic mass is 10.2. The molecule has 1 fully saturated rings. The van der Waals surface area contributed by atoms with Gasteiger partial charge in [0.1, 0.15) is 5.75 Å². The quantitative estimate of drug-likeness (QED) is 0.674. The van der Waals surface area contributed by atoms with Crippen LogP contribution in [0.15, 0.2) is 41.4 Å². The van der Waals surface area contributed by atoms with Crippen LogP contribution in [0.1, 0.15) is 9.75 Å². The van der Waals surface area contributed by atoms with Gasteiger partial charge >= 0.3 is 0 Å². The number of nitrogens with zero attached hydrogens (tertiary/aromatic N) is 3. The number of anilines is 1. The molecular formula is C19H26N4OS. The minimum absolute atomic E-state index is 0.837. The lowest BCUT2D eigenvalue weighted by Crippen LogP contribution is -2.52. The van der Waals surface area contributed by atoms with Crippen LogP contribution in [-0.4, -0.2) is 51.2 Å². The highest BCUT2D eigenvalue weighted by atomic mass is 32.1. The molecule has 0 radical (unpaired) electrons. The van der Waals surface area contributed by atoms with Crippen LogP contribution in [-0.2, 0) is 6.54 Å². The molecule has 0 atom stereocenters. The molecule has 1 N–H and O–H groups in total. The number of ether oxygens (including phenoxy) is 1. The molecule has 0 saturated carbocycles. The molecule has 1 saturated heterocycles. The number of aryl methyl sites for hydroxylation is 1. The van der Waals surface area contributed by atoms with Crippen molar-refractivity contribution in [3.8, 4) is 5.75 Å². The number of piperazine rings is 1. The first-order valence-corrected chi connectivity index (χ1v) is 9.41. The van der Waals surface area contributed by atoms with Gasteiger partial charge in [0, 0.05) is 48.7 Å². The Balaban J connectivity index is 1.52. The van der Waals surface area contributed by atoms with Crippen molar-refractivity contribution in [2.24, 2.45) is 4.99 Å². The van der Waals surface area contributed by atoms with Gasteiger partial charge in [-0.15, -0.1) is 11.3 Å². The summed E-state index contributed by atoms with van der Waals surface area (Å²) in [4.78, 5) is 11.9. The fourth-order valence-electron chi connectivity index (χ4n) is 3.05. The molecule has 1 aliphatic rings. The number of rotatable bonds is 4. The zero-order valence-corrected chi connectivity index (χ0v) is 16.0. The number of guanidine groups is 1. The highest BCUT2D eigenvalue weighted by Gasteiger charge is 2.19. The minimum atomic E-state index is 0.837. The highest BCUT2D eigenvalue weighted by molar-refractivity contribution is 7.11. The van der Waals surface area contributed by atoms with Gasteiger partial charge in [-0.1, -0.05) is 0 Å². The summed E-state index contributed by atoms with van der Waals surface area (Å²) in [6, 6.07) is 12.6. The summed E-state index contributed by atoms with van der Waals surface area (Å²) in [7, 11) is 3.56. The predicted octanol–water partition coefficient (Wildman–Crippen LogP) is 2.96. The fraction of sp³-hybridized carbons (Fsp3) is 0.421. The van der Waals surface area contributed by atoms with E-state index in [4.69, 9.17) is 4.74 Å². The molecule has 1 aromatic carbocycles. The number of hydrogen-bond donors (Lipinski definition) is 1. The van der Waals surface area contributed by atoms with Crippen molar-refractivity contribution in [1.82, 2.24) is 10.2 Å². The summed E-state index contributed by atoms with van der Waals surface area (Å²) in [5.74, 6) is 1.89. The third-order valence-electron chi connectivity index (χ3n) is 4.45. The normalized spacial score (nSPS) is 15.4. The second-order valence-electron chi connectivity index (χ2n) is 6.09. The van der Waals surface area contributed by atoms with E-state index in [9.17, 15) is 0 Å². The van der Waals surface area contributed by atoms with E-state index in [1.807, 2.05) is 30.5 Å². The molecule has 0 unspecified atom stereocenters. The van der Waals surface area contributed by atoms with Gasteiger partial charge < -0.3 is 19.9 Å². The maximum atomic E-state index is 5.23. The van der Waals surface area contributed by atoms with Crippen LogP contribution in [0.5, 0.6) is 5.75 Å². The molecule has 0 amide bonds. The van der Waals surface area contributed by atoms with Crippen molar-refractivity contribution in [1.29, 1.82) is 0 Å². The van der Waals surface area contributed by atoms with Crippen molar-refractivity contribution in [2.45, 2.75) is 13.5 Å². The van der Waals surface area contributed by atoms with Crippen LogP contribution in [0.3, 0.4) is 0 Å². The topological polar surface area (TPSA) is 40.1 Å². The molecule has 25 heavy (non-hydrogen) atoms. The molecule has 0 aliphatic carbocycles. The summed E-state index contributed by atoms with van der Waals surface area (Å²) < 4.78 is 5.23. The molecule has 6 heteroatoms. The van der Waals surface area contributed by atoms with E-state index in [-0.39, 0.29) is 0 Å². The molecule has 2 heterocycles. The number of methoxy groups -OCH3 is 1. The summed E-state index contributed by atoms with van der Waals surface area (Å²) in [5.41, 5.74) is 1.25. The monoisotopic (exact) mass is 358 g/mol. The van der Waals surface area contributed by atoms with Crippen molar-refractivity contribution in [3.05, 3.63) is 46.2 Å². The van der Waals surface area contributed by atoms with Crippen molar-refractivity contribution in [3.63, 3.8) is 0 Å².